The van der Waals surface area contributed by atoms with Gasteiger partial charge in [-0.15, -0.1) is 5.10 Å². The van der Waals surface area contributed by atoms with Gasteiger partial charge in [-0.25, -0.2) is 17.9 Å². The van der Waals surface area contributed by atoms with E-state index in [0.717, 1.165) is 0 Å². The van der Waals surface area contributed by atoms with Gasteiger partial charge in [0, 0.05) is 32.9 Å². The highest BCUT2D eigenvalue weighted by Gasteiger charge is 2.30. The van der Waals surface area contributed by atoms with Crippen molar-refractivity contribution in [2.24, 2.45) is 0 Å². The summed E-state index contributed by atoms with van der Waals surface area (Å²) in [4.78, 5) is 21.0. The zero-order chi connectivity index (χ0) is 22.1. The Morgan fingerprint density at radius 2 is 1.80 bits per heavy atom. The van der Waals surface area contributed by atoms with Gasteiger partial charge in [0.2, 0.25) is 9.84 Å². The third-order valence-corrected chi connectivity index (χ3v) is 6.54. The molecule has 30 heavy (non-hydrogen) atoms. The zero-order valence-corrected chi connectivity index (χ0v) is 18.6. The molecule has 1 N–H and O–H groups in total. The smallest absolute Gasteiger partial charge is 0.272 e. The van der Waals surface area contributed by atoms with Gasteiger partial charge in [-0.2, -0.15) is 0 Å². The molecule has 3 rings (SSSR count). The summed E-state index contributed by atoms with van der Waals surface area (Å²) < 4.78 is 28.2. The number of rotatable bonds is 7. The molecule has 0 saturated carbocycles. The van der Waals surface area contributed by atoms with E-state index in [4.69, 9.17) is 0 Å². The van der Waals surface area contributed by atoms with Crippen molar-refractivity contribution in [1.29, 1.82) is 0 Å². The van der Waals surface area contributed by atoms with Crippen LogP contribution in [0, 0.1) is 6.92 Å². The van der Waals surface area contributed by atoms with Crippen molar-refractivity contribution >= 4 is 27.2 Å². The lowest BCUT2D eigenvalue weighted by molar-refractivity contribution is 0.0780. The Balaban J connectivity index is 2.16. The average Bonchev–Trinajstić information content (AvgIpc) is 3.12. The van der Waals surface area contributed by atoms with E-state index in [1.54, 1.807) is 50.2 Å². The number of nitrogens with one attached hydrogen (secondary N) is 1. The van der Waals surface area contributed by atoms with Gasteiger partial charge in [-0.05, 0) is 39.2 Å². The minimum atomic E-state index is -3.91. The standard InChI is InChI=1S/C20H26N6O3S/c1-14-13-16(20(27)25(5)12-11-24(3)4)22-19-17(18(21-2)23-26(14)19)30(28,29)15-9-7-6-8-10-15/h6-10,13H,11-12H2,1-5H3,(H,21,23). The topological polar surface area (TPSA) is 99.9 Å². The molecule has 0 atom stereocenters. The molecule has 0 spiro atoms. The van der Waals surface area contributed by atoms with Gasteiger partial charge >= 0.3 is 0 Å². The summed E-state index contributed by atoms with van der Waals surface area (Å²) in [6, 6.07) is 9.73. The number of hydrogen-bond acceptors (Lipinski definition) is 7. The Hall–Kier alpha value is -2.98. The van der Waals surface area contributed by atoms with Crippen molar-refractivity contribution in [2.45, 2.75) is 16.7 Å². The molecule has 2 heterocycles. The number of anilines is 1. The first-order chi connectivity index (χ1) is 14.2. The van der Waals surface area contributed by atoms with E-state index in [1.807, 2.05) is 19.0 Å². The third-order valence-electron chi connectivity index (χ3n) is 4.73. The maximum absolute atomic E-state index is 13.4. The Bertz CT molecular complexity index is 1170. The van der Waals surface area contributed by atoms with Crippen molar-refractivity contribution in [2.75, 3.05) is 46.6 Å². The van der Waals surface area contributed by atoms with Crippen LogP contribution in [0.3, 0.4) is 0 Å². The number of hydrogen-bond donors (Lipinski definition) is 1. The van der Waals surface area contributed by atoms with Crippen molar-refractivity contribution < 1.29 is 13.2 Å². The number of carbonyl (C=O) groups is 1. The van der Waals surface area contributed by atoms with E-state index in [0.29, 0.717) is 18.8 Å². The molecule has 0 aliphatic heterocycles. The summed E-state index contributed by atoms with van der Waals surface area (Å²) in [5.41, 5.74) is 0.899. The van der Waals surface area contributed by atoms with Gasteiger partial charge in [0.25, 0.3) is 5.91 Å². The average molecular weight is 431 g/mol. The van der Waals surface area contributed by atoms with E-state index < -0.39 is 9.84 Å². The fourth-order valence-electron chi connectivity index (χ4n) is 3.03. The second-order valence-electron chi connectivity index (χ2n) is 7.29. The van der Waals surface area contributed by atoms with E-state index in [-0.39, 0.29) is 32.9 Å². The summed E-state index contributed by atoms with van der Waals surface area (Å²) in [6.07, 6.45) is 0. The van der Waals surface area contributed by atoms with Crippen LogP contribution in [-0.2, 0) is 9.84 Å². The lowest BCUT2D eigenvalue weighted by Gasteiger charge is -2.19. The van der Waals surface area contributed by atoms with Gasteiger partial charge < -0.3 is 15.1 Å². The molecule has 160 valence electrons. The molecule has 1 amide bonds. The van der Waals surface area contributed by atoms with E-state index in [1.165, 1.54) is 16.6 Å². The van der Waals surface area contributed by atoms with E-state index in [9.17, 15) is 13.2 Å². The summed E-state index contributed by atoms with van der Waals surface area (Å²) in [7, 11) is 3.25. The van der Waals surface area contributed by atoms with Crippen LogP contribution in [0.2, 0.25) is 0 Å². The van der Waals surface area contributed by atoms with Crippen molar-refractivity contribution in [1.82, 2.24) is 24.4 Å². The van der Waals surface area contributed by atoms with Gasteiger partial charge in [0.1, 0.15) is 5.69 Å². The fraction of sp³-hybridized carbons (Fsp3) is 0.350. The highest BCUT2D eigenvalue weighted by molar-refractivity contribution is 7.91. The largest absolute Gasteiger partial charge is 0.370 e. The molecule has 0 saturated heterocycles. The SMILES string of the molecule is CNc1nn2c(C)cc(C(=O)N(C)CCN(C)C)nc2c1S(=O)(=O)c1ccccc1. The predicted molar refractivity (Wildman–Crippen MR) is 115 cm³/mol. The molecular weight excluding hydrogens is 404 g/mol. The van der Waals surface area contributed by atoms with E-state index >= 15 is 0 Å². The number of aromatic nitrogens is 3. The maximum Gasteiger partial charge on any atom is 0.272 e. The molecule has 3 aromatic rings. The van der Waals surface area contributed by atoms with Gasteiger partial charge in [-0.3, -0.25) is 4.79 Å². The quantitative estimate of drug-likeness (QED) is 0.607. The number of aryl methyl sites for hydroxylation is 1. The maximum atomic E-state index is 13.4. The molecule has 0 aliphatic carbocycles. The molecule has 0 unspecified atom stereocenters. The normalized spacial score (nSPS) is 11.8. The second-order valence-corrected chi connectivity index (χ2v) is 9.18. The van der Waals surface area contributed by atoms with Crippen LogP contribution < -0.4 is 5.32 Å². The van der Waals surface area contributed by atoms with Crippen LogP contribution in [0.4, 0.5) is 5.82 Å². The first-order valence-corrected chi connectivity index (χ1v) is 10.9. The minimum Gasteiger partial charge on any atom is -0.370 e. The number of sulfone groups is 1. The number of amides is 1. The summed E-state index contributed by atoms with van der Waals surface area (Å²) >= 11 is 0. The number of carbonyl (C=O) groups excluding carboxylic acids is 1. The van der Waals surface area contributed by atoms with Gasteiger partial charge in [0.15, 0.2) is 16.4 Å². The Morgan fingerprint density at radius 3 is 2.40 bits per heavy atom. The molecule has 2 aromatic heterocycles. The van der Waals surface area contributed by atoms with Crippen molar-refractivity contribution in [3.63, 3.8) is 0 Å². The first-order valence-electron chi connectivity index (χ1n) is 9.45. The minimum absolute atomic E-state index is 0.0510. The zero-order valence-electron chi connectivity index (χ0n) is 17.7. The highest BCUT2D eigenvalue weighted by Crippen LogP contribution is 2.31. The van der Waals surface area contributed by atoms with Crippen LogP contribution in [0.15, 0.2) is 46.2 Å². The second kappa shape index (κ2) is 8.41. The summed E-state index contributed by atoms with van der Waals surface area (Å²) in [5.74, 6) is -0.0993. The molecule has 1 aromatic carbocycles. The molecule has 0 fully saturated rings. The molecule has 10 heteroatoms. The number of fused-ring (bicyclic) bond motifs is 1. The summed E-state index contributed by atoms with van der Waals surface area (Å²) in [6.45, 7) is 2.98. The lowest BCUT2D eigenvalue weighted by atomic mass is 10.3. The Morgan fingerprint density at radius 1 is 1.13 bits per heavy atom. The number of likely N-dealkylation sites (N-methyl/N-ethyl adjacent to an activating group) is 2. The van der Waals surface area contributed by atoms with Gasteiger partial charge in [-0.1, -0.05) is 18.2 Å². The predicted octanol–water partition coefficient (Wildman–Crippen LogP) is 1.55. The molecule has 0 bridgehead atoms. The van der Waals surface area contributed by atoms with E-state index in [2.05, 4.69) is 15.4 Å². The highest BCUT2D eigenvalue weighted by atomic mass is 32.2. The van der Waals surface area contributed by atoms with Crippen LogP contribution in [0.25, 0.3) is 5.65 Å². The Labute approximate surface area is 176 Å². The van der Waals surface area contributed by atoms with Crippen molar-refractivity contribution in [3.8, 4) is 0 Å². The van der Waals surface area contributed by atoms with Crippen LogP contribution >= 0.6 is 0 Å². The monoisotopic (exact) mass is 430 g/mol. The molecular formula is C20H26N6O3S. The fourth-order valence-corrected chi connectivity index (χ4v) is 4.55. The molecule has 9 nitrogen and oxygen atoms in total. The number of nitrogens with zero attached hydrogens (tertiary/aromatic N) is 5. The van der Waals surface area contributed by atoms with Gasteiger partial charge in [0.05, 0.1) is 4.90 Å². The van der Waals surface area contributed by atoms with Crippen molar-refractivity contribution in [3.05, 3.63) is 47.8 Å². The lowest BCUT2D eigenvalue weighted by Crippen LogP contribution is -2.34. The third kappa shape index (κ3) is 4.01. The number of benzene rings is 1. The first kappa shape index (κ1) is 21.7. The molecule has 0 radical (unpaired) electrons. The summed E-state index contributed by atoms with van der Waals surface area (Å²) in [5, 5.41) is 7.20. The Kier molecular flexibility index (Phi) is 6.09. The van der Waals surface area contributed by atoms with Crippen LogP contribution in [0.5, 0.6) is 0 Å². The molecule has 0 aliphatic rings. The van der Waals surface area contributed by atoms with Crippen LogP contribution in [0.1, 0.15) is 16.2 Å². The van der Waals surface area contributed by atoms with Crippen LogP contribution in [-0.4, -0.2) is 80.0 Å².